The molecule has 0 amide bonds. The molecule has 9 heteroatoms. The Kier molecular flexibility index (Phi) is 7.40. The first-order valence-electron chi connectivity index (χ1n) is 13.8. The summed E-state index contributed by atoms with van der Waals surface area (Å²) in [5.74, 6) is 0.835. The van der Waals surface area contributed by atoms with Crippen LogP contribution >= 0.6 is 0 Å². The maximum Gasteiger partial charge on any atom is 0.416 e. The number of hydrogen-bond donors (Lipinski definition) is 2. The topological polar surface area (TPSA) is 74.7 Å². The molecule has 1 saturated heterocycles. The Hall–Kier alpha value is -3.95. The Morgan fingerprint density at radius 3 is 2.54 bits per heavy atom. The molecule has 0 saturated carbocycles. The first-order valence-corrected chi connectivity index (χ1v) is 13.8. The number of ketones is 1. The third kappa shape index (κ3) is 5.52. The number of anilines is 1. The molecule has 2 heterocycles. The van der Waals surface area contributed by atoms with Crippen LogP contribution in [0.3, 0.4) is 0 Å². The number of pyridine rings is 1. The van der Waals surface area contributed by atoms with E-state index in [1.54, 1.807) is 12.3 Å². The minimum absolute atomic E-state index is 0.0593. The van der Waals surface area contributed by atoms with Gasteiger partial charge < -0.3 is 20.1 Å². The van der Waals surface area contributed by atoms with Crippen molar-refractivity contribution >= 4 is 22.4 Å². The van der Waals surface area contributed by atoms with Crippen molar-refractivity contribution in [2.24, 2.45) is 5.92 Å². The number of ether oxygens (including phenoxy) is 1. The van der Waals surface area contributed by atoms with E-state index in [0.717, 1.165) is 66.8 Å². The van der Waals surface area contributed by atoms with E-state index in [1.165, 1.54) is 6.07 Å². The van der Waals surface area contributed by atoms with Crippen LogP contribution in [0.4, 0.5) is 18.9 Å². The fraction of sp³-hybridized carbons (Fsp3) is 0.312. The minimum Gasteiger partial charge on any atom is -0.490 e. The van der Waals surface area contributed by atoms with Crippen LogP contribution in [0.25, 0.3) is 22.0 Å². The zero-order chi connectivity index (χ0) is 28.6. The number of alkyl halides is 3. The number of aromatic nitrogens is 1. The standard InChI is InChI=1S/C32H30F3N3O3/c33-32(34,35)21-8-9-26-27(16-21)37-13-10-28(26)38-14-11-20(12-15-38)17-36-18-22(39)19-41-29-7-3-6-24-23-4-1-2-5-25(23)31(40)30(24)29/h1-10,13,16,20,22,36,39H,11-12,14-15,17-19H2/t22-/m0/s1. The number of aliphatic hydroxyl groups is 1. The van der Waals surface area contributed by atoms with E-state index in [1.807, 2.05) is 42.5 Å². The highest BCUT2D eigenvalue weighted by molar-refractivity contribution is 6.23. The van der Waals surface area contributed by atoms with Crippen molar-refractivity contribution in [2.45, 2.75) is 25.1 Å². The average Bonchev–Trinajstić information content (AvgIpc) is 3.28. The lowest BCUT2D eigenvalue weighted by molar-refractivity contribution is -0.137. The van der Waals surface area contributed by atoms with E-state index in [4.69, 9.17) is 4.74 Å². The summed E-state index contributed by atoms with van der Waals surface area (Å²) in [4.78, 5) is 19.3. The molecule has 0 radical (unpaired) electrons. The van der Waals surface area contributed by atoms with Gasteiger partial charge in [-0.1, -0.05) is 42.5 Å². The summed E-state index contributed by atoms with van der Waals surface area (Å²) < 4.78 is 45.2. The largest absolute Gasteiger partial charge is 0.490 e. The van der Waals surface area contributed by atoms with Gasteiger partial charge in [0.25, 0.3) is 0 Å². The summed E-state index contributed by atoms with van der Waals surface area (Å²) in [5.41, 5.74) is 3.51. The van der Waals surface area contributed by atoms with Crippen molar-refractivity contribution in [3.8, 4) is 16.9 Å². The van der Waals surface area contributed by atoms with Crippen LogP contribution in [0.2, 0.25) is 0 Å². The van der Waals surface area contributed by atoms with Crippen molar-refractivity contribution in [2.75, 3.05) is 37.7 Å². The highest BCUT2D eigenvalue weighted by Gasteiger charge is 2.31. The number of piperidine rings is 1. The number of carbonyl (C=O) groups is 1. The highest BCUT2D eigenvalue weighted by Crippen LogP contribution is 2.41. The first kappa shape index (κ1) is 27.2. The molecule has 3 aromatic carbocycles. The molecule has 1 aliphatic carbocycles. The second kappa shape index (κ2) is 11.1. The van der Waals surface area contributed by atoms with Gasteiger partial charge in [0, 0.05) is 42.5 Å². The molecule has 0 bridgehead atoms. The molecular weight excluding hydrogens is 531 g/mol. The molecule has 212 valence electrons. The molecule has 2 aliphatic rings. The molecule has 2 N–H and O–H groups in total. The SMILES string of the molecule is O=C1c2ccccc2-c2cccc(OC[C@@H](O)CNCC3CCN(c4ccnc5cc(C(F)(F)F)ccc45)CC3)c21. The van der Waals surface area contributed by atoms with Gasteiger partial charge in [0.2, 0.25) is 0 Å². The lowest BCUT2D eigenvalue weighted by atomic mass is 9.96. The summed E-state index contributed by atoms with van der Waals surface area (Å²) in [7, 11) is 0. The van der Waals surface area contributed by atoms with Crippen LogP contribution in [0.1, 0.15) is 34.3 Å². The Balaban J connectivity index is 0.982. The highest BCUT2D eigenvalue weighted by atomic mass is 19.4. The Morgan fingerprint density at radius 1 is 1.00 bits per heavy atom. The molecule has 41 heavy (non-hydrogen) atoms. The van der Waals surface area contributed by atoms with Crippen molar-refractivity contribution in [1.29, 1.82) is 0 Å². The molecule has 0 spiro atoms. The van der Waals surface area contributed by atoms with Gasteiger partial charge in [0.1, 0.15) is 18.5 Å². The zero-order valence-corrected chi connectivity index (χ0v) is 22.3. The van der Waals surface area contributed by atoms with E-state index in [-0.39, 0.29) is 12.4 Å². The van der Waals surface area contributed by atoms with Crippen LogP contribution in [0.15, 0.2) is 72.9 Å². The van der Waals surface area contributed by atoms with Gasteiger partial charge in [-0.15, -0.1) is 0 Å². The Labute approximate surface area is 235 Å². The monoisotopic (exact) mass is 561 g/mol. The molecule has 1 aromatic heterocycles. The van der Waals surface area contributed by atoms with Crippen LogP contribution in [0.5, 0.6) is 5.75 Å². The third-order valence-electron chi connectivity index (χ3n) is 7.96. The number of aliphatic hydroxyl groups excluding tert-OH is 1. The van der Waals surface area contributed by atoms with Crippen LogP contribution in [-0.4, -0.2) is 54.8 Å². The molecular formula is C32H30F3N3O3. The first-order chi connectivity index (χ1) is 19.8. The van der Waals surface area contributed by atoms with Gasteiger partial charge in [0.15, 0.2) is 5.78 Å². The summed E-state index contributed by atoms with van der Waals surface area (Å²) in [5, 5.41) is 14.6. The van der Waals surface area contributed by atoms with Gasteiger partial charge in [-0.05, 0) is 60.7 Å². The Morgan fingerprint density at radius 2 is 1.76 bits per heavy atom. The zero-order valence-electron chi connectivity index (χ0n) is 22.3. The fourth-order valence-corrected chi connectivity index (χ4v) is 5.82. The van der Waals surface area contributed by atoms with Crippen molar-refractivity contribution in [1.82, 2.24) is 10.3 Å². The molecule has 1 fully saturated rings. The minimum atomic E-state index is -4.40. The number of nitrogens with zero attached hydrogens (tertiary/aromatic N) is 2. The molecule has 1 atom stereocenters. The van der Waals surface area contributed by atoms with Crippen molar-refractivity contribution in [3.63, 3.8) is 0 Å². The lowest BCUT2D eigenvalue weighted by Crippen LogP contribution is -2.39. The van der Waals surface area contributed by atoms with E-state index in [9.17, 15) is 23.1 Å². The van der Waals surface area contributed by atoms with Crippen LogP contribution in [0, 0.1) is 5.92 Å². The van der Waals surface area contributed by atoms with E-state index >= 15 is 0 Å². The summed E-state index contributed by atoms with van der Waals surface area (Å²) in [6.45, 7) is 2.74. The maximum atomic E-state index is 13.1. The van der Waals surface area contributed by atoms with Crippen molar-refractivity contribution < 1.29 is 27.8 Å². The molecule has 6 nitrogen and oxygen atoms in total. The second-order valence-electron chi connectivity index (χ2n) is 10.7. The summed E-state index contributed by atoms with van der Waals surface area (Å²) in [6.07, 6.45) is -1.74. The fourth-order valence-electron chi connectivity index (χ4n) is 5.82. The van der Waals surface area contributed by atoms with E-state index in [2.05, 4.69) is 15.2 Å². The summed E-state index contributed by atoms with van der Waals surface area (Å²) in [6, 6.07) is 18.6. The van der Waals surface area contributed by atoms with Crippen molar-refractivity contribution in [3.05, 3.63) is 89.6 Å². The number of nitrogens with one attached hydrogen (secondary N) is 1. The van der Waals surface area contributed by atoms with Gasteiger partial charge in [-0.3, -0.25) is 9.78 Å². The van der Waals surface area contributed by atoms with E-state index < -0.39 is 17.8 Å². The lowest BCUT2D eigenvalue weighted by Gasteiger charge is -2.34. The smallest absolute Gasteiger partial charge is 0.416 e. The predicted octanol–water partition coefficient (Wildman–Crippen LogP) is 5.71. The summed E-state index contributed by atoms with van der Waals surface area (Å²) >= 11 is 0. The van der Waals surface area contributed by atoms with Crippen LogP contribution < -0.4 is 15.0 Å². The van der Waals surface area contributed by atoms with E-state index in [0.29, 0.717) is 34.9 Å². The number of halogens is 3. The number of benzene rings is 3. The predicted molar refractivity (Wildman–Crippen MR) is 151 cm³/mol. The Bertz CT molecular complexity index is 1580. The van der Waals surface area contributed by atoms with Gasteiger partial charge in [0.05, 0.1) is 16.6 Å². The number of carbonyl (C=O) groups excluding carboxylic acids is 1. The van der Waals surface area contributed by atoms with Gasteiger partial charge >= 0.3 is 6.18 Å². The normalized spacial score (nSPS) is 16.1. The van der Waals surface area contributed by atoms with Gasteiger partial charge in [-0.2, -0.15) is 13.2 Å². The van der Waals surface area contributed by atoms with Gasteiger partial charge in [-0.25, -0.2) is 0 Å². The molecule has 1 aliphatic heterocycles. The number of hydrogen-bond acceptors (Lipinski definition) is 6. The quantitative estimate of drug-likeness (QED) is 0.253. The molecule has 4 aromatic rings. The number of rotatable bonds is 8. The van der Waals surface area contributed by atoms with Crippen LogP contribution in [-0.2, 0) is 6.18 Å². The average molecular weight is 562 g/mol. The molecule has 0 unspecified atom stereocenters. The second-order valence-corrected chi connectivity index (χ2v) is 10.7. The maximum absolute atomic E-state index is 13.1. The third-order valence-corrected chi connectivity index (χ3v) is 7.96. The number of fused-ring (bicyclic) bond motifs is 4. The molecule has 6 rings (SSSR count).